The molecule has 5 heteroatoms. The molecule has 3 rings (SSSR count). The first-order chi connectivity index (χ1) is 10.2. The van der Waals surface area contributed by atoms with E-state index in [1.54, 1.807) is 17.2 Å². The van der Waals surface area contributed by atoms with Crippen LogP contribution in [0.3, 0.4) is 0 Å². The van der Waals surface area contributed by atoms with Gasteiger partial charge in [0.1, 0.15) is 0 Å². The minimum absolute atomic E-state index is 0.0886. The van der Waals surface area contributed by atoms with Crippen LogP contribution < -0.4 is 10.0 Å². The maximum absolute atomic E-state index is 14.0. The molecule has 0 fully saturated rings. The number of anilines is 2. The zero-order valence-corrected chi connectivity index (χ0v) is 11.4. The Bertz CT molecular complexity index is 701. The van der Waals surface area contributed by atoms with Crippen molar-refractivity contribution in [2.75, 3.05) is 16.6 Å². The summed E-state index contributed by atoms with van der Waals surface area (Å²) in [4.78, 5) is 16.1. The number of halogens is 1. The minimum Gasteiger partial charge on any atom is -0.272 e. The molecule has 0 aliphatic carbocycles. The first-order valence-corrected chi connectivity index (χ1v) is 6.61. The summed E-state index contributed by atoms with van der Waals surface area (Å²) in [6.07, 6.45) is 4.59. The molecule has 1 aliphatic rings. The number of amides is 1. The molecule has 0 bridgehead atoms. The van der Waals surface area contributed by atoms with E-state index >= 15 is 0 Å². The highest BCUT2D eigenvalue weighted by Crippen LogP contribution is 2.32. The number of carbonyl (C=O) groups is 1. The third-order valence-electron chi connectivity index (χ3n) is 3.37. The van der Waals surface area contributed by atoms with E-state index in [1.165, 1.54) is 11.2 Å². The van der Waals surface area contributed by atoms with Gasteiger partial charge in [-0.15, -0.1) is 6.58 Å². The predicted octanol–water partition coefficient (Wildman–Crippen LogP) is 2.72. The highest BCUT2D eigenvalue weighted by Gasteiger charge is 2.32. The molecule has 1 amide bonds. The Kier molecular flexibility index (Phi) is 3.39. The summed E-state index contributed by atoms with van der Waals surface area (Å²) >= 11 is 0. The van der Waals surface area contributed by atoms with Gasteiger partial charge < -0.3 is 0 Å². The zero-order chi connectivity index (χ0) is 14.8. The number of rotatable bonds is 4. The number of aromatic nitrogens is 1. The second-order valence-corrected chi connectivity index (χ2v) is 4.71. The van der Waals surface area contributed by atoms with E-state index in [4.69, 9.17) is 0 Å². The summed E-state index contributed by atoms with van der Waals surface area (Å²) in [5.41, 5.74) is 2.02. The Balaban J connectivity index is 2.08. The molecule has 0 unspecified atom stereocenters. The lowest BCUT2D eigenvalue weighted by molar-refractivity contribution is -0.117. The predicted molar refractivity (Wildman–Crippen MR) is 79.4 cm³/mol. The molecule has 2 aromatic rings. The number of para-hydroxylation sites is 1. The van der Waals surface area contributed by atoms with Gasteiger partial charge in [-0.3, -0.25) is 14.8 Å². The third kappa shape index (κ3) is 2.27. The largest absolute Gasteiger partial charge is 0.272 e. The molecule has 0 saturated heterocycles. The second kappa shape index (κ2) is 5.36. The van der Waals surface area contributed by atoms with E-state index < -0.39 is 5.82 Å². The normalized spacial score (nSPS) is 13.2. The lowest BCUT2D eigenvalue weighted by Gasteiger charge is -2.33. The van der Waals surface area contributed by atoms with E-state index in [1.807, 2.05) is 24.3 Å². The van der Waals surface area contributed by atoms with E-state index in [0.717, 1.165) is 17.4 Å². The maximum Gasteiger partial charge on any atom is 0.250 e. The SMILES string of the molecule is C=CCN(c1ccncc1F)N1C(=O)Cc2ccccc21. The van der Waals surface area contributed by atoms with Crippen LogP contribution in [-0.4, -0.2) is 17.4 Å². The number of hydrazine groups is 1. The molecule has 21 heavy (non-hydrogen) atoms. The molecule has 2 heterocycles. The fourth-order valence-electron chi connectivity index (χ4n) is 2.49. The highest BCUT2D eigenvalue weighted by atomic mass is 19.1. The molecular formula is C16H14FN3O. The van der Waals surface area contributed by atoms with Crippen molar-refractivity contribution in [3.63, 3.8) is 0 Å². The minimum atomic E-state index is -0.475. The highest BCUT2D eigenvalue weighted by molar-refractivity contribution is 6.03. The van der Waals surface area contributed by atoms with E-state index in [-0.39, 0.29) is 5.91 Å². The van der Waals surface area contributed by atoms with E-state index in [9.17, 15) is 9.18 Å². The summed E-state index contributed by atoms with van der Waals surface area (Å²) < 4.78 is 14.0. The first-order valence-electron chi connectivity index (χ1n) is 6.61. The fourth-order valence-corrected chi connectivity index (χ4v) is 2.49. The van der Waals surface area contributed by atoms with E-state index in [0.29, 0.717) is 18.7 Å². The van der Waals surface area contributed by atoms with Crippen LogP contribution in [0.2, 0.25) is 0 Å². The Morgan fingerprint density at radius 2 is 2.19 bits per heavy atom. The number of hydrogen-bond acceptors (Lipinski definition) is 3. The topological polar surface area (TPSA) is 36.4 Å². The lowest BCUT2D eigenvalue weighted by atomic mass is 10.2. The van der Waals surface area contributed by atoms with Crippen LogP contribution in [0, 0.1) is 5.82 Å². The van der Waals surface area contributed by atoms with Crippen molar-refractivity contribution in [2.24, 2.45) is 0 Å². The van der Waals surface area contributed by atoms with Crippen LogP contribution in [-0.2, 0) is 11.2 Å². The first kappa shape index (κ1) is 13.3. The fraction of sp³-hybridized carbons (Fsp3) is 0.125. The standard InChI is InChI=1S/C16H14FN3O/c1-2-9-19(15-7-8-18-11-13(15)17)20-14-6-4-3-5-12(14)10-16(20)21/h2-8,11H,1,9-10H2. The molecule has 1 aromatic carbocycles. The van der Waals surface area contributed by atoms with Gasteiger partial charge in [-0.25, -0.2) is 9.40 Å². The molecule has 1 aromatic heterocycles. The van der Waals surface area contributed by atoms with Gasteiger partial charge >= 0.3 is 0 Å². The number of nitrogens with zero attached hydrogens (tertiary/aromatic N) is 3. The molecular weight excluding hydrogens is 269 g/mol. The number of pyridine rings is 1. The number of hydrogen-bond donors (Lipinski definition) is 0. The van der Waals surface area contributed by atoms with Crippen LogP contribution in [0.1, 0.15) is 5.56 Å². The van der Waals surface area contributed by atoms with Gasteiger partial charge in [0.2, 0.25) is 5.91 Å². The molecule has 0 spiro atoms. The Morgan fingerprint density at radius 1 is 1.38 bits per heavy atom. The van der Waals surface area contributed by atoms with Crippen molar-refractivity contribution >= 4 is 17.3 Å². The van der Waals surface area contributed by atoms with Gasteiger partial charge in [-0.1, -0.05) is 24.3 Å². The van der Waals surface area contributed by atoms with Gasteiger partial charge in [0.25, 0.3) is 0 Å². The van der Waals surface area contributed by atoms with Gasteiger partial charge in [-0.2, -0.15) is 0 Å². The molecule has 4 nitrogen and oxygen atoms in total. The maximum atomic E-state index is 14.0. The molecule has 0 saturated carbocycles. The average Bonchev–Trinajstić information content (AvgIpc) is 2.82. The van der Waals surface area contributed by atoms with E-state index in [2.05, 4.69) is 11.6 Å². The van der Waals surface area contributed by atoms with Crippen molar-refractivity contribution < 1.29 is 9.18 Å². The molecule has 106 valence electrons. The molecule has 0 radical (unpaired) electrons. The quantitative estimate of drug-likeness (QED) is 0.810. The molecule has 1 aliphatic heterocycles. The van der Waals surface area contributed by atoms with Crippen molar-refractivity contribution in [3.05, 3.63) is 66.8 Å². The van der Waals surface area contributed by atoms with Gasteiger partial charge in [0.05, 0.1) is 30.5 Å². The Labute approximate surface area is 122 Å². The summed E-state index contributed by atoms with van der Waals surface area (Å²) in [6, 6.07) is 9.06. The van der Waals surface area contributed by atoms with Crippen LogP contribution in [0.25, 0.3) is 0 Å². The number of fused-ring (bicyclic) bond motifs is 1. The van der Waals surface area contributed by atoms with Gasteiger partial charge in [0, 0.05) is 6.20 Å². The van der Waals surface area contributed by atoms with Crippen molar-refractivity contribution in [2.45, 2.75) is 6.42 Å². The monoisotopic (exact) mass is 283 g/mol. The van der Waals surface area contributed by atoms with Crippen molar-refractivity contribution in [1.29, 1.82) is 0 Å². The molecule has 0 atom stereocenters. The van der Waals surface area contributed by atoms with Crippen molar-refractivity contribution in [1.82, 2.24) is 4.98 Å². The third-order valence-corrected chi connectivity index (χ3v) is 3.37. The smallest absolute Gasteiger partial charge is 0.250 e. The summed E-state index contributed by atoms with van der Waals surface area (Å²) in [5.74, 6) is -0.564. The summed E-state index contributed by atoms with van der Waals surface area (Å²) in [7, 11) is 0. The summed E-state index contributed by atoms with van der Waals surface area (Å²) in [6.45, 7) is 4.01. The van der Waals surface area contributed by atoms with Crippen LogP contribution in [0.5, 0.6) is 0 Å². The number of carbonyl (C=O) groups excluding carboxylic acids is 1. The Hall–Kier alpha value is -2.69. The lowest BCUT2D eigenvalue weighted by Crippen LogP contribution is -2.45. The van der Waals surface area contributed by atoms with Gasteiger partial charge in [0.15, 0.2) is 5.82 Å². The van der Waals surface area contributed by atoms with Crippen molar-refractivity contribution in [3.8, 4) is 0 Å². The second-order valence-electron chi connectivity index (χ2n) is 4.71. The van der Waals surface area contributed by atoms with Crippen LogP contribution in [0.15, 0.2) is 55.4 Å². The zero-order valence-electron chi connectivity index (χ0n) is 11.4. The summed E-state index contributed by atoms with van der Waals surface area (Å²) in [5, 5.41) is 3.09. The van der Waals surface area contributed by atoms with Crippen LogP contribution in [0.4, 0.5) is 15.8 Å². The molecule has 0 N–H and O–H groups in total. The average molecular weight is 283 g/mol. The van der Waals surface area contributed by atoms with Crippen LogP contribution >= 0.6 is 0 Å². The van der Waals surface area contributed by atoms with Gasteiger partial charge in [-0.05, 0) is 17.7 Å². The Morgan fingerprint density at radius 3 is 2.95 bits per heavy atom. The number of benzene rings is 1.